The molecule has 1 aromatic carbocycles. The fourth-order valence-corrected chi connectivity index (χ4v) is 2.80. The Morgan fingerprint density at radius 1 is 1.14 bits per heavy atom. The molecule has 0 atom stereocenters. The number of amides is 1. The van der Waals surface area contributed by atoms with Crippen LogP contribution in [0.2, 0.25) is 0 Å². The summed E-state index contributed by atoms with van der Waals surface area (Å²) in [5.41, 5.74) is -0.684. The Hall–Kier alpha value is -3.21. The van der Waals surface area contributed by atoms with Crippen molar-refractivity contribution in [2.45, 2.75) is 17.5 Å². The number of aromatic nitrogens is 2. The minimum Gasteiger partial charge on any atom is -0.463 e. The van der Waals surface area contributed by atoms with E-state index in [1.807, 2.05) is 0 Å². The van der Waals surface area contributed by atoms with Gasteiger partial charge in [0, 0.05) is 0 Å². The monoisotopic (exact) mass is 409 g/mol. The molecule has 1 amide bonds. The molecule has 2 heterocycles. The fourth-order valence-electron chi connectivity index (χ4n) is 2.13. The van der Waals surface area contributed by atoms with Crippen molar-refractivity contribution < 1.29 is 31.9 Å². The molecule has 8 nitrogen and oxygen atoms in total. The van der Waals surface area contributed by atoms with Gasteiger partial charge in [0.15, 0.2) is 0 Å². The topological polar surface area (TPSA) is 107 Å². The Kier molecular flexibility index (Phi) is 6.04. The number of hydrogen-bond donors (Lipinski definition) is 1. The van der Waals surface area contributed by atoms with E-state index < -0.39 is 29.1 Å². The van der Waals surface area contributed by atoms with Crippen LogP contribution in [0.4, 0.5) is 8.78 Å². The van der Waals surface area contributed by atoms with Gasteiger partial charge in [0.05, 0.1) is 19.4 Å². The van der Waals surface area contributed by atoms with Crippen LogP contribution in [-0.2, 0) is 17.0 Å². The number of benzene rings is 1. The second kappa shape index (κ2) is 8.65. The number of halogens is 2. The van der Waals surface area contributed by atoms with E-state index in [9.17, 15) is 18.4 Å². The summed E-state index contributed by atoms with van der Waals surface area (Å²) in [5.74, 6) is -2.52. The first-order valence-electron chi connectivity index (χ1n) is 7.82. The first kappa shape index (κ1) is 19.5. The number of carbonyl (C=O) groups is 2. The number of thioether (sulfide) groups is 1. The smallest absolute Gasteiger partial charge is 0.373 e. The van der Waals surface area contributed by atoms with Gasteiger partial charge < -0.3 is 18.9 Å². The molecule has 0 saturated carbocycles. The summed E-state index contributed by atoms with van der Waals surface area (Å²) in [5, 5.41) is 10.0. The molecule has 0 spiro atoms. The van der Waals surface area contributed by atoms with Crippen LogP contribution < -0.4 is 5.32 Å². The van der Waals surface area contributed by atoms with E-state index in [2.05, 4.69) is 20.3 Å². The molecule has 11 heteroatoms. The van der Waals surface area contributed by atoms with Crippen molar-refractivity contribution >= 4 is 23.6 Å². The molecular weight excluding hydrogens is 396 g/mol. The third-order valence-electron chi connectivity index (χ3n) is 3.42. The Labute approximate surface area is 161 Å². The van der Waals surface area contributed by atoms with Gasteiger partial charge in [0.1, 0.15) is 23.0 Å². The Morgan fingerprint density at radius 3 is 2.61 bits per heavy atom. The number of nitrogens with one attached hydrogen (secondary N) is 1. The largest absolute Gasteiger partial charge is 0.463 e. The first-order chi connectivity index (χ1) is 13.5. The van der Waals surface area contributed by atoms with Gasteiger partial charge in [-0.3, -0.25) is 4.79 Å². The summed E-state index contributed by atoms with van der Waals surface area (Å²) in [6.07, 6.45) is 0. The lowest BCUT2D eigenvalue weighted by Gasteiger charge is -2.04. The van der Waals surface area contributed by atoms with Gasteiger partial charge in [0.2, 0.25) is 11.7 Å². The molecule has 146 valence electrons. The van der Waals surface area contributed by atoms with Crippen LogP contribution in [0.3, 0.4) is 0 Å². The average Bonchev–Trinajstić information content (AvgIpc) is 3.33. The number of ether oxygens (including phenoxy) is 1. The lowest BCUT2D eigenvalue weighted by atomic mass is 10.2. The number of nitrogens with zero attached hydrogens (tertiary/aromatic N) is 2. The lowest BCUT2D eigenvalue weighted by molar-refractivity contribution is 0.0563. The summed E-state index contributed by atoms with van der Waals surface area (Å²) in [6.45, 7) is -0.201. The third-order valence-corrected chi connectivity index (χ3v) is 4.27. The molecule has 0 aliphatic heterocycles. The summed E-state index contributed by atoms with van der Waals surface area (Å²) in [7, 11) is 1.25. The number of rotatable bonds is 7. The second-order valence-corrected chi connectivity index (χ2v) is 6.21. The minimum absolute atomic E-state index is 0.0577. The van der Waals surface area contributed by atoms with Crippen LogP contribution in [0.15, 0.2) is 44.4 Å². The molecule has 0 unspecified atom stereocenters. The molecule has 0 aliphatic carbocycles. The number of hydrogen-bond acceptors (Lipinski definition) is 8. The first-order valence-corrected chi connectivity index (χ1v) is 8.81. The Balaban J connectivity index is 1.53. The molecule has 3 rings (SSSR count). The third kappa shape index (κ3) is 4.55. The van der Waals surface area contributed by atoms with Crippen molar-refractivity contribution in [3.63, 3.8) is 0 Å². The SMILES string of the molecule is COC(=O)c1ccc(CSc2nnc(CNC(=O)c3c(F)cccc3F)o2)o1. The molecule has 0 saturated heterocycles. The lowest BCUT2D eigenvalue weighted by Crippen LogP contribution is -2.25. The molecule has 0 aliphatic rings. The van der Waals surface area contributed by atoms with Crippen LogP contribution in [-0.4, -0.2) is 29.2 Å². The maximum absolute atomic E-state index is 13.6. The van der Waals surface area contributed by atoms with Gasteiger partial charge in [-0.25, -0.2) is 13.6 Å². The van der Waals surface area contributed by atoms with Gasteiger partial charge in [-0.2, -0.15) is 0 Å². The quantitative estimate of drug-likeness (QED) is 0.469. The zero-order valence-electron chi connectivity index (χ0n) is 14.4. The highest BCUT2D eigenvalue weighted by atomic mass is 32.2. The van der Waals surface area contributed by atoms with Gasteiger partial charge in [-0.1, -0.05) is 17.8 Å². The van der Waals surface area contributed by atoms with Crippen LogP contribution >= 0.6 is 11.8 Å². The van der Waals surface area contributed by atoms with Crippen LogP contribution in [0.25, 0.3) is 0 Å². The van der Waals surface area contributed by atoms with Crippen molar-refractivity contribution in [3.05, 3.63) is 64.9 Å². The van der Waals surface area contributed by atoms with E-state index in [0.29, 0.717) is 11.5 Å². The molecule has 3 aromatic rings. The van der Waals surface area contributed by atoms with Crippen molar-refractivity contribution in [2.24, 2.45) is 0 Å². The van der Waals surface area contributed by atoms with E-state index in [1.165, 1.54) is 13.2 Å². The van der Waals surface area contributed by atoms with Gasteiger partial charge >= 0.3 is 5.97 Å². The van der Waals surface area contributed by atoms with Gasteiger partial charge in [-0.15, -0.1) is 10.2 Å². The zero-order chi connectivity index (χ0) is 20.1. The van der Waals surface area contributed by atoms with Crippen molar-refractivity contribution in [2.75, 3.05) is 7.11 Å². The highest BCUT2D eigenvalue weighted by Crippen LogP contribution is 2.23. The zero-order valence-corrected chi connectivity index (χ0v) is 15.2. The molecule has 0 radical (unpaired) electrons. The molecule has 1 N–H and O–H groups in total. The minimum atomic E-state index is -0.968. The van der Waals surface area contributed by atoms with Gasteiger partial charge in [-0.05, 0) is 24.3 Å². The Bertz CT molecular complexity index is 984. The van der Waals surface area contributed by atoms with E-state index in [0.717, 1.165) is 30.0 Å². The molecule has 28 heavy (non-hydrogen) atoms. The molecule has 0 bridgehead atoms. The highest BCUT2D eigenvalue weighted by molar-refractivity contribution is 7.98. The highest BCUT2D eigenvalue weighted by Gasteiger charge is 2.18. The van der Waals surface area contributed by atoms with Crippen LogP contribution in [0.1, 0.15) is 32.6 Å². The number of carbonyl (C=O) groups excluding carboxylic acids is 2. The summed E-state index contributed by atoms with van der Waals surface area (Å²) in [4.78, 5) is 23.3. The number of methoxy groups -OCH3 is 1. The van der Waals surface area contributed by atoms with Crippen LogP contribution in [0.5, 0.6) is 0 Å². The van der Waals surface area contributed by atoms with Gasteiger partial charge in [0.25, 0.3) is 11.1 Å². The fraction of sp³-hybridized carbons (Fsp3) is 0.176. The molecule has 2 aromatic heterocycles. The Morgan fingerprint density at radius 2 is 1.89 bits per heavy atom. The normalized spacial score (nSPS) is 10.7. The maximum Gasteiger partial charge on any atom is 0.373 e. The predicted octanol–water partition coefficient (Wildman–Crippen LogP) is 2.95. The number of esters is 1. The van der Waals surface area contributed by atoms with Crippen LogP contribution in [0, 0.1) is 11.6 Å². The second-order valence-electron chi connectivity index (χ2n) is 5.29. The average molecular weight is 409 g/mol. The van der Waals surface area contributed by atoms with Crippen molar-refractivity contribution in [1.29, 1.82) is 0 Å². The number of furan rings is 1. The van der Waals surface area contributed by atoms with Crippen molar-refractivity contribution in [3.8, 4) is 0 Å². The summed E-state index contributed by atoms with van der Waals surface area (Å²) < 4.78 is 42.3. The summed E-state index contributed by atoms with van der Waals surface area (Å²) in [6, 6.07) is 6.23. The summed E-state index contributed by atoms with van der Waals surface area (Å²) >= 11 is 1.14. The van der Waals surface area contributed by atoms with E-state index >= 15 is 0 Å². The van der Waals surface area contributed by atoms with Crippen molar-refractivity contribution in [1.82, 2.24) is 15.5 Å². The molecular formula is C17H13F2N3O5S. The maximum atomic E-state index is 13.6. The standard InChI is InChI=1S/C17H13F2N3O5S/c1-25-16(24)12-6-5-9(26-12)8-28-17-22-21-13(27-17)7-20-15(23)14-10(18)3-2-4-11(14)19/h2-6H,7-8H2,1H3,(H,20,23). The van der Waals surface area contributed by atoms with E-state index in [-0.39, 0.29) is 23.4 Å². The molecule has 0 fully saturated rings. The van der Waals surface area contributed by atoms with E-state index in [1.54, 1.807) is 6.07 Å². The van der Waals surface area contributed by atoms with E-state index in [4.69, 9.17) is 8.83 Å². The predicted molar refractivity (Wildman–Crippen MR) is 91.4 cm³/mol.